The van der Waals surface area contributed by atoms with Gasteiger partial charge in [-0.15, -0.1) is 0 Å². The Bertz CT molecular complexity index is 1560. The van der Waals surface area contributed by atoms with E-state index in [2.05, 4.69) is 112 Å². The summed E-state index contributed by atoms with van der Waals surface area (Å²) in [5.74, 6) is 0. The van der Waals surface area contributed by atoms with E-state index < -0.39 is 0 Å². The number of aromatic nitrogens is 3. The molecule has 6 aromatic rings. The van der Waals surface area contributed by atoms with Crippen LogP contribution in [0.25, 0.3) is 49.9 Å². The molecular formula is C29H21N3. The van der Waals surface area contributed by atoms with E-state index in [9.17, 15) is 0 Å². The molecule has 0 saturated carbocycles. The molecule has 0 N–H and O–H groups in total. The molecule has 152 valence electrons. The minimum Gasteiger partial charge on any atom is -0.306 e. The third kappa shape index (κ3) is 3.07. The maximum atomic E-state index is 4.64. The molecule has 0 aliphatic heterocycles. The molecule has 4 aromatic carbocycles. The van der Waals surface area contributed by atoms with Crippen molar-refractivity contribution in [2.45, 2.75) is 6.92 Å². The molecule has 0 spiro atoms. The number of nitrogens with zero attached hydrogens (tertiary/aromatic N) is 3. The van der Waals surface area contributed by atoms with Crippen LogP contribution >= 0.6 is 0 Å². The van der Waals surface area contributed by atoms with E-state index in [1.54, 1.807) is 6.33 Å². The van der Waals surface area contributed by atoms with Crippen molar-refractivity contribution < 1.29 is 0 Å². The van der Waals surface area contributed by atoms with Crippen LogP contribution in [0.15, 0.2) is 110 Å². The average Bonchev–Trinajstić information content (AvgIpc) is 3.18. The second kappa shape index (κ2) is 7.47. The molecule has 3 heteroatoms. The van der Waals surface area contributed by atoms with Gasteiger partial charge in [0.1, 0.15) is 6.33 Å². The average molecular weight is 412 g/mol. The van der Waals surface area contributed by atoms with E-state index in [4.69, 9.17) is 0 Å². The summed E-state index contributed by atoms with van der Waals surface area (Å²) in [6.07, 6.45) is 3.53. The maximum absolute atomic E-state index is 4.64. The highest BCUT2D eigenvalue weighted by Gasteiger charge is 2.14. The largest absolute Gasteiger partial charge is 0.306 e. The molecule has 0 atom stereocenters. The Morgan fingerprint density at radius 1 is 0.625 bits per heavy atom. The van der Waals surface area contributed by atoms with E-state index in [1.165, 1.54) is 27.8 Å². The summed E-state index contributed by atoms with van der Waals surface area (Å²) in [5, 5.41) is 1.13. The SMILES string of the molecule is Cc1cc(-c2ccccc2)cc(-c2ccc3c(c2)c2ncncc2n3-c2ccccc2)c1. The highest BCUT2D eigenvalue weighted by molar-refractivity contribution is 6.08. The van der Waals surface area contributed by atoms with E-state index in [1.807, 2.05) is 12.3 Å². The summed E-state index contributed by atoms with van der Waals surface area (Å²) in [7, 11) is 0. The number of hydrogen-bond donors (Lipinski definition) is 0. The van der Waals surface area contributed by atoms with Crippen molar-refractivity contribution in [1.82, 2.24) is 14.5 Å². The Hall–Kier alpha value is -4.24. The van der Waals surface area contributed by atoms with Gasteiger partial charge in [0.2, 0.25) is 0 Å². The number of hydrogen-bond acceptors (Lipinski definition) is 2. The molecule has 0 bridgehead atoms. The van der Waals surface area contributed by atoms with Gasteiger partial charge in [-0.3, -0.25) is 0 Å². The number of fused-ring (bicyclic) bond motifs is 3. The molecule has 0 aliphatic carbocycles. The summed E-state index contributed by atoms with van der Waals surface area (Å²) >= 11 is 0. The monoisotopic (exact) mass is 411 g/mol. The van der Waals surface area contributed by atoms with Gasteiger partial charge in [-0.05, 0) is 65.1 Å². The molecule has 0 unspecified atom stereocenters. The van der Waals surface area contributed by atoms with Crippen molar-refractivity contribution in [3.63, 3.8) is 0 Å². The normalized spacial score (nSPS) is 11.3. The molecule has 0 amide bonds. The van der Waals surface area contributed by atoms with Crippen LogP contribution < -0.4 is 0 Å². The lowest BCUT2D eigenvalue weighted by atomic mass is 9.96. The Balaban J connectivity index is 1.58. The van der Waals surface area contributed by atoms with Gasteiger partial charge in [-0.25, -0.2) is 9.97 Å². The molecule has 2 heterocycles. The third-order valence-corrected chi connectivity index (χ3v) is 5.96. The van der Waals surface area contributed by atoms with E-state index >= 15 is 0 Å². The minimum atomic E-state index is 0.969. The predicted molar refractivity (Wildman–Crippen MR) is 132 cm³/mol. The first kappa shape index (κ1) is 18.5. The van der Waals surface area contributed by atoms with E-state index in [0.717, 1.165) is 27.6 Å². The van der Waals surface area contributed by atoms with E-state index in [-0.39, 0.29) is 0 Å². The molecule has 0 aliphatic rings. The topological polar surface area (TPSA) is 30.7 Å². The quantitative estimate of drug-likeness (QED) is 0.308. The lowest BCUT2D eigenvalue weighted by Crippen LogP contribution is -1.93. The first-order valence-corrected chi connectivity index (χ1v) is 10.7. The van der Waals surface area contributed by atoms with Gasteiger partial charge in [0.25, 0.3) is 0 Å². The zero-order valence-electron chi connectivity index (χ0n) is 17.7. The van der Waals surface area contributed by atoms with Gasteiger partial charge in [0, 0.05) is 11.1 Å². The number of para-hydroxylation sites is 1. The molecule has 0 radical (unpaired) electrons. The second-order valence-corrected chi connectivity index (χ2v) is 8.11. The Labute approximate surface area is 186 Å². The number of rotatable bonds is 3. The zero-order valence-corrected chi connectivity index (χ0v) is 17.7. The van der Waals surface area contributed by atoms with Crippen molar-refractivity contribution >= 4 is 21.9 Å². The lowest BCUT2D eigenvalue weighted by Gasteiger charge is -2.10. The fraction of sp³-hybridized carbons (Fsp3) is 0.0345. The van der Waals surface area contributed by atoms with Gasteiger partial charge < -0.3 is 4.57 Å². The molecule has 0 saturated heterocycles. The Morgan fingerprint density at radius 3 is 2.12 bits per heavy atom. The lowest BCUT2D eigenvalue weighted by molar-refractivity contribution is 1.14. The Kier molecular flexibility index (Phi) is 4.32. The van der Waals surface area contributed by atoms with Crippen LogP contribution in [0.1, 0.15) is 5.56 Å². The summed E-state index contributed by atoms with van der Waals surface area (Å²) in [6, 6.07) is 34.4. The summed E-state index contributed by atoms with van der Waals surface area (Å²) in [6.45, 7) is 2.16. The summed E-state index contributed by atoms with van der Waals surface area (Å²) < 4.78 is 2.24. The van der Waals surface area contributed by atoms with Crippen LogP contribution in [0, 0.1) is 6.92 Å². The first-order chi connectivity index (χ1) is 15.8. The highest BCUT2D eigenvalue weighted by Crippen LogP contribution is 2.35. The predicted octanol–water partition coefficient (Wildman–Crippen LogP) is 7.22. The standard InChI is InChI=1S/C29H21N3/c1-20-14-23(21-8-4-2-5-9-21)16-24(15-20)22-12-13-27-26(17-22)29-28(18-30-19-31-29)32(27)25-10-6-3-7-11-25/h2-19H,1H3. The molecule has 32 heavy (non-hydrogen) atoms. The van der Waals surface area contributed by atoms with Crippen LogP contribution in [0.4, 0.5) is 0 Å². The first-order valence-electron chi connectivity index (χ1n) is 10.7. The van der Waals surface area contributed by atoms with Crippen LogP contribution in [0.2, 0.25) is 0 Å². The van der Waals surface area contributed by atoms with Crippen LogP contribution in [-0.2, 0) is 0 Å². The fourth-order valence-electron chi connectivity index (χ4n) is 4.53. The minimum absolute atomic E-state index is 0.969. The van der Waals surface area contributed by atoms with Crippen molar-refractivity contribution in [3.8, 4) is 27.9 Å². The fourth-order valence-corrected chi connectivity index (χ4v) is 4.53. The molecular weight excluding hydrogens is 390 g/mol. The summed E-state index contributed by atoms with van der Waals surface area (Å²) in [5.41, 5.74) is 10.3. The van der Waals surface area contributed by atoms with Gasteiger partial charge >= 0.3 is 0 Å². The summed E-state index contributed by atoms with van der Waals surface area (Å²) in [4.78, 5) is 8.94. The van der Waals surface area contributed by atoms with Crippen molar-refractivity contribution in [1.29, 1.82) is 0 Å². The molecule has 3 nitrogen and oxygen atoms in total. The van der Waals surface area contributed by atoms with Crippen LogP contribution in [0.5, 0.6) is 0 Å². The molecule has 6 rings (SSSR count). The van der Waals surface area contributed by atoms with Gasteiger partial charge in [0.05, 0.1) is 22.7 Å². The van der Waals surface area contributed by atoms with Crippen molar-refractivity contribution in [2.75, 3.05) is 0 Å². The van der Waals surface area contributed by atoms with Crippen LogP contribution in [-0.4, -0.2) is 14.5 Å². The molecule has 0 fully saturated rings. The third-order valence-electron chi connectivity index (χ3n) is 5.96. The van der Waals surface area contributed by atoms with Gasteiger partial charge in [-0.2, -0.15) is 0 Å². The number of benzene rings is 4. The smallest absolute Gasteiger partial charge is 0.116 e. The zero-order chi connectivity index (χ0) is 21.5. The maximum Gasteiger partial charge on any atom is 0.116 e. The van der Waals surface area contributed by atoms with E-state index in [0.29, 0.717) is 0 Å². The van der Waals surface area contributed by atoms with Gasteiger partial charge in [-0.1, -0.05) is 66.7 Å². The van der Waals surface area contributed by atoms with Gasteiger partial charge in [0.15, 0.2) is 0 Å². The second-order valence-electron chi connectivity index (χ2n) is 8.11. The Morgan fingerprint density at radius 2 is 1.34 bits per heavy atom. The van der Waals surface area contributed by atoms with Crippen molar-refractivity contribution in [2.24, 2.45) is 0 Å². The van der Waals surface area contributed by atoms with Crippen LogP contribution in [0.3, 0.4) is 0 Å². The van der Waals surface area contributed by atoms with Crippen molar-refractivity contribution in [3.05, 3.63) is 115 Å². The highest BCUT2D eigenvalue weighted by atomic mass is 15.0. The number of aryl methyl sites for hydroxylation is 1. The molecule has 2 aromatic heterocycles.